The minimum Gasteiger partial charge on any atom is -0.493 e. The molecular weight excluding hydrogens is 384 g/mol. The molecule has 30 heavy (non-hydrogen) atoms. The lowest BCUT2D eigenvalue weighted by atomic mass is 10.1. The Morgan fingerprint density at radius 1 is 1.03 bits per heavy atom. The maximum absolute atomic E-state index is 5.35. The topological polar surface area (TPSA) is 107 Å². The fourth-order valence-electron chi connectivity index (χ4n) is 3.23. The Labute approximate surface area is 173 Å². The van der Waals surface area contributed by atoms with E-state index in [1.54, 1.807) is 39.7 Å². The number of aromatic nitrogens is 4. The van der Waals surface area contributed by atoms with Crippen LogP contribution >= 0.6 is 0 Å². The minimum absolute atomic E-state index is 0.286. The molecule has 0 unspecified atom stereocenters. The highest BCUT2D eigenvalue weighted by Gasteiger charge is 2.12. The Bertz CT molecular complexity index is 1210. The summed E-state index contributed by atoms with van der Waals surface area (Å²) in [5, 5.41) is 13.7. The first kappa shape index (κ1) is 19.4. The van der Waals surface area contributed by atoms with Gasteiger partial charge in [0.15, 0.2) is 17.1 Å². The summed E-state index contributed by atoms with van der Waals surface area (Å²) in [5.41, 5.74) is 7.16. The third kappa shape index (κ3) is 3.57. The highest BCUT2D eigenvalue weighted by molar-refractivity contribution is 6.03. The zero-order chi connectivity index (χ0) is 21.1. The van der Waals surface area contributed by atoms with Crippen molar-refractivity contribution < 1.29 is 14.2 Å². The van der Waals surface area contributed by atoms with Crippen LogP contribution in [0.5, 0.6) is 17.2 Å². The number of anilines is 1. The van der Waals surface area contributed by atoms with E-state index in [0.29, 0.717) is 22.9 Å². The molecule has 154 valence electrons. The third-order valence-corrected chi connectivity index (χ3v) is 4.75. The highest BCUT2D eigenvalue weighted by atomic mass is 16.5. The molecular formula is C21H22N6O3. The highest BCUT2D eigenvalue weighted by Crippen LogP contribution is 2.37. The molecule has 9 nitrogen and oxygen atoms in total. The number of fused-ring (bicyclic) bond motifs is 3. The van der Waals surface area contributed by atoms with E-state index in [2.05, 4.69) is 49.7 Å². The van der Waals surface area contributed by atoms with Crippen LogP contribution in [0.25, 0.3) is 22.1 Å². The SMILES string of the molecule is CCc1ccc2[nH]c3nc(NN=Cc4cc(OC)c(OC)c(OC)c4)nnc3c2c1. The molecule has 0 fully saturated rings. The van der Waals surface area contributed by atoms with Gasteiger partial charge >= 0.3 is 0 Å². The molecule has 2 aromatic heterocycles. The number of rotatable bonds is 7. The van der Waals surface area contributed by atoms with Gasteiger partial charge in [0, 0.05) is 16.5 Å². The molecule has 0 spiro atoms. The molecule has 0 atom stereocenters. The van der Waals surface area contributed by atoms with Crippen molar-refractivity contribution in [1.29, 1.82) is 0 Å². The number of hydrogen-bond acceptors (Lipinski definition) is 8. The van der Waals surface area contributed by atoms with Gasteiger partial charge in [0.2, 0.25) is 5.75 Å². The lowest BCUT2D eigenvalue weighted by molar-refractivity contribution is 0.324. The van der Waals surface area contributed by atoms with Gasteiger partial charge in [-0.1, -0.05) is 13.0 Å². The molecule has 2 N–H and O–H groups in total. The maximum Gasteiger partial charge on any atom is 0.265 e. The molecule has 4 rings (SSSR count). The summed E-state index contributed by atoms with van der Waals surface area (Å²) in [4.78, 5) is 7.74. The monoisotopic (exact) mass is 406 g/mol. The zero-order valence-electron chi connectivity index (χ0n) is 17.2. The summed E-state index contributed by atoms with van der Waals surface area (Å²) in [6, 6.07) is 9.81. The summed E-state index contributed by atoms with van der Waals surface area (Å²) in [5.74, 6) is 1.89. The minimum atomic E-state index is 0.286. The Balaban J connectivity index is 1.59. The van der Waals surface area contributed by atoms with Gasteiger partial charge in [0.1, 0.15) is 5.52 Å². The second-order valence-electron chi connectivity index (χ2n) is 6.52. The van der Waals surface area contributed by atoms with Gasteiger partial charge in [-0.15, -0.1) is 10.2 Å². The number of nitrogens with zero attached hydrogens (tertiary/aromatic N) is 4. The molecule has 0 saturated carbocycles. The number of hydrogen-bond donors (Lipinski definition) is 2. The van der Waals surface area contributed by atoms with Crippen molar-refractivity contribution in [2.24, 2.45) is 5.10 Å². The third-order valence-electron chi connectivity index (χ3n) is 4.75. The normalized spacial score (nSPS) is 11.3. The standard InChI is InChI=1S/C21H22N6O3/c1-5-12-6-7-15-14(8-12)18-20(23-15)24-21(27-25-18)26-22-11-13-9-16(28-2)19(30-4)17(10-13)29-3/h6-11H,5H2,1-4H3,(H2,23,24,26,27). The van der Waals surface area contributed by atoms with Crippen molar-refractivity contribution in [2.75, 3.05) is 26.8 Å². The molecule has 0 aliphatic heterocycles. The van der Waals surface area contributed by atoms with Crippen LogP contribution in [0, 0.1) is 0 Å². The Morgan fingerprint density at radius 2 is 1.80 bits per heavy atom. The fraction of sp³-hybridized carbons (Fsp3) is 0.238. The molecule has 0 aliphatic carbocycles. The summed E-state index contributed by atoms with van der Waals surface area (Å²) in [6.07, 6.45) is 2.57. The Hall–Kier alpha value is -3.88. The number of aryl methyl sites for hydroxylation is 1. The molecule has 2 aromatic carbocycles. The van der Waals surface area contributed by atoms with Crippen molar-refractivity contribution in [1.82, 2.24) is 20.2 Å². The first-order valence-corrected chi connectivity index (χ1v) is 9.41. The largest absolute Gasteiger partial charge is 0.493 e. The molecule has 9 heteroatoms. The van der Waals surface area contributed by atoms with Gasteiger partial charge in [-0.25, -0.2) is 5.43 Å². The van der Waals surface area contributed by atoms with Gasteiger partial charge in [-0.2, -0.15) is 10.1 Å². The average molecular weight is 406 g/mol. The summed E-state index contributed by atoms with van der Waals surface area (Å²) in [6.45, 7) is 2.12. The fourth-order valence-corrected chi connectivity index (χ4v) is 3.23. The van der Waals surface area contributed by atoms with Crippen LogP contribution < -0.4 is 19.6 Å². The lowest BCUT2D eigenvalue weighted by Crippen LogP contribution is -2.00. The predicted octanol–water partition coefficient (Wildman–Crippen LogP) is 3.54. The molecule has 0 bridgehead atoms. The van der Waals surface area contributed by atoms with Crippen LogP contribution in [-0.2, 0) is 6.42 Å². The van der Waals surface area contributed by atoms with Gasteiger partial charge in [-0.05, 0) is 36.2 Å². The average Bonchev–Trinajstić information content (AvgIpc) is 3.15. The number of H-pyrrole nitrogens is 1. The molecule has 2 heterocycles. The predicted molar refractivity (Wildman–Crippen MR) is 116 cm³/mol. The van der Waals surface area contributed by atoms with E-state index in [1.807, 2.05) is 6.07 Å². The van der Waals surface area contributed by atoms with Crippen LogP contribution in [0.1, 0.15) is 18.1 Å². The van der Waals surface area contributed by atoms with E-state index in [-0.39, 0.29) is 5.95 Å². The van der Waals surface area contributed by atoms with E-state index in [1.165, 1.54) is 5.56 Å². The Kier molecular flexibility index (Phi) is 5.34. The Morgan fingerprint density at radius 3 is 2.47 bits per heavy atom. The molecule has 0 amide bonds. The van der Waals surface area contributed by atoms with Crippen LogP contribution in [0.2, 0.25) is 0 Å². The van der Waals surface area contributed by atoms with Gasteiger partial charge in [0.25, 0.3) is 5.95 Å². The van der Waals surface area contributed by atoms with E-state index in [0.717, 1.165) is 28.4 Å². The molecule has 0 aliphatic rings. The smallest absolute Gasteiger partial charge is 0.265 e. The first-order chi connectivity index (χ1) is 14.7. The number of benzene rings is 2. The maximum atomic E-state index is 5.35. The first-order valence-electron chi connectivity index (χ1n) is 9.41. The van der Waals surface area contributed by atoms with Crippen molar-refractivity contribution in [3.63, 3.8) is 0 Å². The number of ether oxygens (including phenoxy) is 3. The van der Waals surface area contributed by atoms with Crippen LogP contribution in [0.3, 0.4) is 0 Å². The number of nitrogens with one attached hydrogen (secondary N) is 2. The van der Waals surface area contributed by atoms with Crippen molar-refractivity contribution in [2.45, 2.75) is 13.3 Å². The van der Waals surface area contributed by atoms with Crippen molar-refractivity contribution in [3.8, 4) is 17.2 Å². The summed E-state index contributed by atoms with van der Waals surface area (Å²) < 4.78 is 16.0. The molecule has 0 radical (unpaired) electrons. The van der Waals surface area contributed by atoms with Crippen molar-refractivity contribution in [3.05, 3.63) is 41.5 Å². The zero-order valence-corrected chi connectivity index (χ0v) is 17.2. The summed E-state index contributed by atoms with van der Waals surface area (Å²) in [7, 11) is 4.69. The van der Waals surface area contributed by atoms with Crippen LogP contribution in [0.15, 0.2) is 35.4 Å². The van der Waals surface area contributed by atoms with Gasteiger partial charge in [-0.3, -0.25) is 0 Å². The number of aromatic amines is 1. The quantitative estimate of drug-likeness (QED) is 0.357. The molecule has 0 saturated heterocycles. The number of methoxy groups -OCH3 is 3. The van der Waals surface area contributed by atoms with E-state index < -0.39 is 0 Å². The number of hydrazone groups is 1. The lowest BCUT2D eigenvalue weighted by Gasteiger charge is -2.12. The van der Waals surface area contributed by atoms with Gasteiger partial charge < -0.3 is 19.2 Å². The second kappa shape index (κ2) is 8.24. The van der Waals surface area contributed by atoms with E-state index in [4.69, 9.17) is 14.2 Å². The van der Waals surface area contributed by atoms with Crippen LogP contribution in [-0.4, -0.2) is 47.7 Å². The molecule has 4 aromatic rings. The van der Waals surface area contributed by atoms with Crippen molar-refractivity contribution >= 4 is 34.2 Å². The van der Waals surface area contributed by atoms with E-state index in [9.17, 15) is 0 Å². The summed E-state index contributed by atoms with van der Waals surface area (Å²) >= 11 is 0. The van der Waals surface area contributed by atoms with E-state index >= 15 is 0 Å². The van der Waals surface area contributed by atoms with Gasteiger partial charge in [0.05, 0.1) is 27.5 Å². The second-order valence-corrected chi connectivity index (χ2v) is 6.52. The van der Waals surface area contributed by atoms with Crippen LogP contribution in [0.4, 0.5) is 5.95 Å².